The zero-order chi connectivity index (χ0) is 21.1. The van der Waals surface area contributed by atoms with Crippen molar-refractivity contribution in [1.82, 2.24) is 15.0 Å². The van der Waals surface area contributed by atoms with Gasteiger partial charge in [-0.15, -0.1) is 23.2 Å². The molecule has 0 saturated heterocycles. The first-order valence-corrected chi connectivity index (χ1v) is 11.7. The largest absolute Gasteiger partial charge is 0.368 e. The van der Waals surface area contributed by atoms with E-state index in [2.05, 4.69) is 30.9 Å². The van der Waals surface area contributed by atoms with E-state index >= 15 is 0 Å². The summed E-state index contributed by atoms with van der Waals surface area (Å²) in [5.74, 6) is 0.784. The van der Waals surface area contributed by atoms with Crippen LogP contribution in [0.2, 0.25) is 0 Å². The van der Waals surface area contributed by atoms with Crippen molar-refractivity contribution in [2.45, 2.75) is 7.59 Å². The van der Waals surface area contributed by atoms with Crippen LogP contribution in [0, 0.1) is 0 Å². The van der Waals surface area contributed by atoms with Crippen LogP contribution in [-0.2, 0) is 7.59 Å². The van der Waals surface area contributed by atoms with Gasteiger partial charge in [-0.3, -0.25) is 0 Å². The van der Waals surface area contributed by atoms with Crippen LogP contribution in [0.25, 0.3) is 11.4 Å². The summed E-state index contributed by atoms with van der Waals surface area (Å²) >= 11 is 50.8. The minimum atomic E-state index is -1.92. The predicted molar refractivity (Wildman–Crippen MR) is 125 cm³/mol. The van der Waals surface area contributed by atoms with E-state index in [9.17, 15) is 0 Å². The molecular formula is C15H11BrCl8N4. The lowest BCUT2D eigenvalue weighted by Crippen LogP contribution is -2.27. The van der Waals surface area contributed by atoms with E-state index in [0.29, 0.717) is 30.4 Å². The molecule has 0 atom stereocenters. The van der Waals surface area contributed by atoms with Crippen LogP contribution in [-0.4, -0.2) is 39.8 Å². The summed E-state index contributed by atoms with van der Waals surface area (Å²) in [5, 5.41) is 0. The maximum atomic E-state index is 5.92. The standard InChI is InChI=1S/C15H11BrCl8N4/c16-9-7-8(1-2-10(9)28(5-3-17)6-4-18)11-25-12(14(19,20)21)27-13(26-11)15(22,23)24/h1-2,7H,3-6H2. The molecule has 0 unspecified atom stereocenters. The van der Waals surface area contributed by atoms with Gasteiger partial charge in [0.05, 0.1) is 5.69 Å². The molecule has 0 aliphatic heterocycles. The van der Waals surface area contributed by atoms with Crippen molar-refractivity contribution in [3.63, 3.8) is 0 Å². The number of hydrogen-bond donors (Lipinski definition) is 0. The molecule has 0 aliphatic carbocycles. The first kappa shape index (κ1) is 25.1. The molecule has 28 heavy (non-hydrogen) atoms. The van der Waals surface area contributed by atoms with Crippen molar-refractivity contribution in [1.29, 1.82) is 0 Å². The van der Waals surface area contributed by atoms with Gasteiger partial charge in [0.1, 0.15) is 0 Å². The summed E-state index contributed by atoms with van der Waals surface area (Å²) in [6.45, 7) is 1.26. The molecule has 0 radical (unpaired) electrons. The van der Waals surface area contributed by atoms with Gasteiger partial charge >= 0.3 is 0 Å². The minimum Gasteiger partial charge on any atom is -0.368 e. The maximum Gasteiger partial charge on any atom is 0.250 e. The maximum absolute atomic E-state index is 5.92. The van der Waals surface area contributed by atoms with E-state index < -0.39 is 7.59 Å². The Bertz CT molecular complexity index is 786. The van der Waals surface area contributed by atoms with E-state index in [1.807, 2.05) is 11.0 Å². The van der Waals surface area contributed by atoms with E-state index in [1.54, 1.807) is 12.1 Å². The topological polar surface area (TPSA) is 41.9 Å². The zero-order valence-electron chi connectivity index (χ0n) is 13.8. The van der Waals surface area contributed by atoms with Crippen molar-refractivity contribution in [2.24, 2.45) is 0 Å². The normalized spacial score (nSPS) is 12.3. The Morgan fingerprint density at radius 3 is 1.71 bits per heavy atom. The molecule has 0 saturated carbocycles. The Labute approximate surface area is 210 Å². The number of nitrogens with zero attached hydrogens (tertiary/aromatic N) is 4. The molecule has 1 aromatic carbocycles. The van der Waals surface area contributed by atoms with Gasteiger partial charge in [0.25, 0.3) is 0 Å². The monoisotopic (exact) mass is 606 g/mol. The SMILES string of the molecule is ClCCN(CCCl)c1ccc(-c2nc(C(Cl)(Cl)Cl)nc(C(Cl)(Cl)Cl)n2)cc1Br. The molecule has 0 bridgehead atoms. The van der Waals surface area contributed by atoms with Gasteiger partial charge in [-0.25, -0.2) is 15.0 Å². The third kappa shape index (κ3) is 6.66. The van der Waals surface area contributed by atoms with Gasteiger partial charge < -0.3 is 4.90 Å². The van der Waals surface area contributed by atoms with Gasteiger partial charge in [-0.2, -0.15) is 0 Å². The molecule has 2 aromatic rings. The highest BCUT2D eigenvalue weighted by molar-refractivity contribution is 9.10. The highest BCUT2D eigenvalue weighted by Gasteiger charge is 2.34. The summed E-state index contributed by atoms with van der Waals surface area (Å²) in [6.07, 6.45) is 0. The Morgan fingerprint density at radius 2 is 1.32 bits per heavy atom. The highest BCUT2D eigenvalue weighted by atomic mass is 79.9. The van der Waals surface area contributed by atoms with Crippen LogP contribution in [0.5, 0.6) is 0 Å². The number of aromatic nitrogens is 3. The third-order valence-corrected chi connectivity index (χ3v) is 5.39. The van der Waals surface area contributed by atoms with Crippen LogP contribution >= 0.6 is 109 Å². The van der Waals surface area contributed by atoms with Crippen molar-refractivity contribution < 1.29 is 0 Å². The number of alkyl halides is 8. The average Bonchev–Trinajstić information content (AvgIpc) is 2.59. The van der Waals surface area contributed by atoms with Crippen molar-refractivity contribution >= 4 is 114 Å². The van der Waals surface area contributed by atoms with Crippen LogP contribution < -0.4 is 4.90 Å². The fourth-order valence-corrected chi connectivity index (χ4v) is 3.76. The number of anilines is 1. The molecule has 1 aromatic heterocycles. The number of rotatable bonds is 6. The minimum absolute atomic E-state index is 0.157. The molecule has 4 nitrogen and oxygen atoms in total. The Morgan fingerprint density at radius 1 is 0.821 bits per heavy atom. The first-order valence-electron chi connectivity index (χ1n) is 7.54. The second-order valence-electron chi connectivity index (χ2n) is 5.33. The number of benzene rings is 1. The fourth-order valence-electron chi connectivity index (χ4n) is 2.22. The van der Waals surface area contributed by atoms with Gasteiger partial charge in [0.2, 0.25) is 7.59 Å². The van der Waals surface area contributed by atoms with Crippen LogP contribution in [0.15, 0.2) is 22.7 Å². The average molecular weight is 611 g/mol. The van der Waals surface area contributed by atoms with E-state index in [4.69, 9.17) is 92.8 Å². The van der Waals surface area contributed by atoms with Crippen molar-refractivity contribution in [3.8, 4) is 11.4 Å². The smallest absolute Gasteiger partial charge is 0.250 e. The third-order valence-electron chi connectivity index (χ3n) is 3.40. The van der Waals surface area contributed by atoms with Gasteiger partial charge in [0, 0.05) is 34.9 Å². The molecule has 0 N–H and O–H groups in total. The highest BCUT2D eigenvalue weighted by Crippen LogP contribution is 2.41. The van der Waals surface area contributed by atoms with E-state index in [0.717, 1.165) is 10.2 Å². The van der Waals surface area contributed by atoms with Gasteiger partial charge in [-0.1, -0.05) is 69.6 Å². The van der Waals surface area contributed by atoms with Crippen LogP contribution in [0.1, 0.15) is 11.6 Å². The Hall–Kier alpha value is 0.830. The molecule has 0 amide bonds. The molecule has 0 fully saturated rings. The van der Waals surface area contributed by atoms with Crippen LogP contribution in [0.4, 0.5) is 5.69 Å². The second-order valence-corrected chi connectivity index (χ2v) is 11.5. The summed E-state index contributed by atoms with van der Waals surface area (Å²) in [4.78, 5) is 14.4. The zero-order valence-corrected chi connectivity index (χ0v) is 21.4. The van der Waals surface area contributed by atoms with Crippen molar-refractivity contribution in [3.05, 3.63) is 34.3 Å². The lowest BCUT2D eigenvalue weighted by molar-refractivity contribution is 0.850. The lowest BCUT2D eigenvalue weighted by Gasteiger charge is -2.24. The summed E-state index contributed by atoms with van der Waals surface area (Å²) < 4.78 is -3.07. The number of hydrogen-bond acceptors (Lipinski definition) is 4. The second kappa shape index (κ2) is 10.4. The molecule has 2 rings (SSSR count). The quantitative estimate of drug-likeness (QED) is 0.324. The van der Waals surface area contributed by atoms with Crippen molar-refractivity contribution in [2.75, 3.05) is 29.7 Å². The van der Waals surface area contributed by atoms with Gasteiger partial charge in [0.15, 0.2) is 17.5 Å². The van der Waals surface area contributed by atoms with E-state index in [-0.39, 0.29) is 17.5 Å². The predicted octanol–water partition coefficient (Wildman–Crippen LogP) is 7.24. The molecule has 0 aliphatic rings. The molecule has 13 heteroatoms. The van der Waals surface area contributed by atoms with Gasteiger partial charge in [-0.05, 0) is 34.1 Å². The summed E-state index contributed by atoms with van der Waals surface area (Å²) in [7, 11) is 0. The number of halogens is 9. The Balaban J connectivity index is 2.54. The molecular weight excluding hydrogens is 600 g/mol. The molecule has 154 valence electrons. The molecule has 1 heterocycles. The Kier molecular flexibility index (Phi) is 9.35. The lowest BCUT2D eigenvalue weighted by atomic mass is 10.1. The van der Waals surface area contributed by atoms with E-state index in [1.165, 1.54) is 0 Å². The first-order chi connectivity index (χ1) is 13.0. The summed E-state index contributed by atoms with van der Waals surface area (Å²) in [6, 6.07) is 5.45. The molecule has 0 spiro atoms. The summed E-state index contributed by atoms with van der Waals surface area (Å²) in [5.41, 5.74) is 1.50. The fraction of sp³-hybridized carbons (Fsp3) is 0.400. The van der Waals surface area contributed by atoms with Crippen LogP contribution in [0.3, 0.4) is 0 Å².